The molecule has 0 fully saturated rings. The largest absolute Gasteiger partial charge is 0.478 e. The lowest BCUT2D eigenvalue weighted by atomic mass is 10.2. The normalized spacial score (nSPS) is 11.3. The van der Waals surface area contributed by atoms with Gasteiger partial charge in [0.25, 0.3) is 0 Å². The second-order valence-corrected chi connectivity index (χ2v) is 5.04. The summed E-state index contributed by atoms with van der Waals surface area (Å²) in [6.45, 7) is 0. The molecule has 2 aromatic carbocycles. The van der Waals surface area contributed by atoms with Gasteiger partial charge in [0.15, 0.2) is 0 Å². The Kier molecular flexibility index (Phi) is 4.04. The first-order chi connectivity index (χ1) is 9.38. The van der Waals surface area contributed by atoms with Gasteiger partial charge in [-0.15, -0.1) is 0 Å². The first-order valence-electron chi connectivity index (χ1n) is 5.55. The maximum absolute atomic E-state index is 12.4. The number of rotatable bonds is 3. The summed E-state index contributed by atoms with van der Waals surface area (Å²) in [7, 11) is 0. The molecule has 0 aromatic heterocycles. The summed E-state index contributed by atoms with van der Waals surface area (Å²) < 4.78 is 37.3. The molecule has 6 heteroatoms. The van der Waals surface area contributed by atoms with Crippen molar-refractivity contribution in [3.05, 3.63) is 59.7 Å². The molecule has 0 spiro atoms. The van der Waals surface area contributed by atoms with Gasteiger partial charge in [0, 0.05) is 9.79 Å². The fraction of sp³-hybridized carbons (Fsp3) is 0.0714. The number of benzene rings is 2. The zero-order valence-electron chi connectivity index (χ0n) is 10.0. The molecule has 0 atom stereocenters. The predicted octanol–water partition coefficient (Wildman–Crippen LogP) is 4.55. The lowest BCUT2D eigenvalue weighted by Crippen LogP contribution is -2.04. The standard InChI is InChI=1S/C14H9F3O2S/c15-14(16,17)9-5-7-10(8-6-9)20-12-4-2-1-3-11(12)13(18)19/h1-8H,(H,18,19). The number of hydrogen-bond acceptors (Lipinski definition) is 2. The molecule has 20 heavy (non-hydrogen) atoms. The van der Waals surface area contributed by atoms with Crippen LogP contribution in [-0.4, -0.2) is 11.1 Å². The minimum Gasteiger partial charge on any atom is -0.478 e. The molecule has 2 rings (SSSR count). The molecule has 2 nitrogen and oxygen atoms in total. The van der Waals surface area contributed by atoms with E-state index in [-0.39, 0.29) is 5.56 Å². The molecule has 104 valence electrons. The molecule has 1 N–H and O–H groups in total. The van der Waals surface area contributed by atoms with Crippen LogP contribution in [-0.2, 0) is 6.18 Å². The van der Waals surface area contributed by atoms with Crippen molar-refractivity contribution in [3.8, 4) is 0 Å². The minimum absolute atomic E-state index is 0.123. The summed E-state index contributed by atoms with van der Waals surface area (Å²) in [5.41, 5.74) is -0.606. The van der Waals surface area contributed by atoms with Crippen LogP contribution in [0.5, 0.6) is 0 Å². The van der Waals surface area contributed by atoms with Crippen molar-refractivity contribution in [1.29, 1.82) is 0 Å². The number of hydrogen-bond donors (Lipinski definition) is 1. The van der Waals surface area contributed by atoms with Crippen molar-refractivity contribution >= 4 is 17.7 Å². The molecule has 0 aliphatic heterocycles. The van der Waals surface area contributed by atoms with Crippen LogP contribution in [0.1, 0.15) is 15.9 Å². The third-order valence-corrected chi connectivity index (χ3v) is 3.61. The smallest absolute Gasteiger partial charge is 0.416 e. The number of alkyl halides is 3. The van der Waals surface area contributed by atoms with E-state index in [9.17, 15) is 18.0 Å². The Bertz CT molecular complexity index is 621. The van der Waals surface area contributed by atoms with Gasteiger partial charge >= 0.3 is 12.1 Å². The predicted molar refractivity (Wildman–Crippen MR) is 69.0 cm³/mol. The van der Waals surface area contributed by atoms with Crippen molar-refractivity contribution in [2.75, 3.05) is 0 Å². The Morgan fingerprint density at radius 3 is 2.15 bits per heavy atom. The quantitative estimate of drug-likeness (QED) is 0.903. The third kappa shape index (κ3) is 3.33. The molecular formula is C14H9F3O2S. The Balaban J connectivity index is 2.25. The second kappa shape index (κ2) is 5.58. The van der Waals surface area contributed by atoms with Crippen LogP contribution in [0.15, 0.2) is 58.3 Å². The van der Waals surface area contributed by atoms with Gasteiger partial charge in [0.1, 0.15) is 0 Å². The molecule has 0 saturated heterocycles. The number of aromatic carboxylic acids is 1. The molecule has 0 unspecified atom stereocenters. The Hall–Kier alpha value is -1.95. The van der Waals surface area contributed by atoms with Gasteiger partial charge in [0.2, 0.25) is 0 Å². The van der Waals surface area contributed by atoms with E-state index >= 15 is 0 Å². The molecule has 0 heterocycles. The van der Waals surface area contributed by atoms with Crippen LogP contribution in [0.4, 0.5) is 13.2 Å². The van der Waals surface area contributed by atoms with Gasteiger partial charge < -0.3 is 5.11 Å². The van der Waals surface area contributed by atoms with Crippen molar-refractivity contribution in [2.24, 2.45) is 0 Å². The summed E-state index contributed by atoms with van der Waals surface area (Å²) in [5.74, 6) is -1.07. The average Bonchev–Trinajstić information content (AvgIpc) is 2.38. The number of carboxylic acids is 1. The van der Waals surface area contributed by atoms with Gasteiger partial charge in [-0.2, -0.15) is 13.2 Å². The third-order valence-electron chi connectivity index (χ3n) is 2.53. The monoisotopic (exact) mass is 298 g/mol. The van der Waals surface area contributed by atoms with E-state index in [2.05, 4.69) is 0 Å². The van der Waals surface area contributed by atoms with Crippen molar-refractivity contribution in [1.82, 2.24) is 0 Å². The van der Waals surface area contributed by atoms with E-state index in [1.807, 2.05) is 0 Å². The molecule has 0 aliphatic carbocycles. The minimum atomic E-state index is -4.37. The van der Waals surface area contributed by atoms with Crippen LogP contribution in [0.3, 0.4) is 0 Å². The molecule has 0 amide bonds. The molecule has 2 aromatic rings. The van der Waals surface area contributed by atoms with Gasteiger partial charge in [0.05, 0.1) is 11.1 Å². The highest BCUT2D eigenvalue weighted by molar-refractivity contribution is 7.99. The van der Waals surface area contributed by atoms with E-state index in [1.54, 1.807) is 18.2 Å². The topological polar surface area (TPSA) is 37.3 Å². The summed E-state index contributed by atoms with van der Waals surface area (Å²) in [6, 6.07) is 11.0. The molecule has 0 bridgehead atoms. The summed E-state index contributed by atoms with van der Waals surface area (Å²) in [6.07, 6.45) is -4.37. The van der Waals surface area contributed by atoms with Crippen LogP contribution < -0.4 is 0 Å². The van der Waals surface area contributed by atoms with Crippen LogP contribution >= 0.6 is 11.8 Å². The van der Waals surface area contributed by atoms with Crippen molar-refractivity contribution < 1.29 is 23.1 Å². The number of carboxylic acid groups (broad SMARTS) is 1. The van der Waals surface area contributed by atoms with Gasteiger partial charge in [-0.05, 0) is 36.4 Å². The van der Waals surface area contributed by atoms with E-state index in [0.717, 1.165) is 23.9 Å². The second-order valence-electron chi connectivity index (χ2n) is 3.93. The Morgan fingerprint density at radius 2 is 1.60 bits per heavy atom. The van der Waals surface area contributed by atoms with E-state index in [4.69, 9.17) is 5.11 Å². The van der Waals surface area contributed by atoms with Crippen LogP contribution in [0.25, 0.3) is 0 Å². The number of halogens is 3. The first-order valence-corrected chi connectivity index (χ1v) is 6.37. The van der Waals surface area contributed by atoms with E-state index < -0.39 is 17.7 Å². The molecule has 0 saturated carbocycles. The highest BCUT2D eigenvalue weighted by Gasteiger charge is 2.29. The maximum atomic E-state index is 12.4. The number of carbonyl (C=O) groups is 1. The zero-order valence-corrected chi connectivity index (χ0v) is 10.8. The van der Waals surface area contributed by atoms with Gasteiger partial charge in [-0.1, -0.05) is 23.9 Å². The SMILES string of the molecule is O=C(O)c1ccccc1Sc1ccc(C(F)(F)F)cc1. The summed E-state index contributed by atoms with van der Waals surface area (Å²) in [5, 5.41) is 9.03. The Labute approximate surface area is 117 Å². The van der Waals surface area contributed by atoms with Gasteiger partial charge in [-0.25, -0.2) is 4.79 Å². The first kappa shape index (κ1) is 14.5. The lowest BCUT2D eigenvalue weighted by Gasteiger charge is -2.08. The highest BCUT2D eigenvalue weighted by atomic mass is 32.2. The van der Waals surface area contributed by atoms with E-state index in [1.165, 1.54) is 18.2 Å². The molecular weight excluding hydrogens is 289 g/mol. The maximum Gasteiger partial charge on any atom is 0.416 e. The Morgan fingerprint density at radius 1 is 1.00 bits per heavy atom. The molecule has 0 aliphatic rings. The average molecular weight is 298 g/mol. The van der Waals surface area contributed by atoms with Gasteiger partial charge in [-0.3, -0.25) is 0 Å². The lowest BCUT2D eigenvalue weighted by molar-refractivity contribution is -0.137. The summed E-state index contributed by atoms with van der Waals surface area (Å²) in [4.78, 5) is 12.1. The summed E-state index contributed by atoms with van der Waals surface area (Å²) >= 11 is 1.11. The van der Waals surface area contributed by atoms with Crippen LogP contribution in [0.2, 0.25) is 0 Å². The van der Waals surface area contributed by atoms with Crippen molar-refractivity contribution in [2.45, 2.75) is 16.0 Å². The highest BCUT2D eigenvalue weighted by Crippen LogP contribution is 2.34. The fourth-order valence-corrected chi connectivity index (χ4v) is 2.51. The molecule has 0 radical (unpaired) electrons. The zero-order chi connectivity index (χ0) is 14.8. The van der Waals surface area contributed by atoms with E-state index in [0.29, 0.717) is 9.79 Å². The van der Waals surface area contributed by atoms with Crippen molar-refractivity contribution in [3.63, 3.8) is 0 Å². The van der Waals surface area contributed by atoms with Crippen LogP contribution in [0, 0.1) is 0 Å². The fourth-order valence-electron chi connectivity index (χ4n) is 1.57.